The van der Waals surface area contributed by atoms with E-state index in [1.54, 1.807) is 6.92 Å². The molecule has 2 aromatic rings. The summed E-state index contributed by atoms with van der Waals surface area (Å²) < 4.78 is 7.80. The fourth-order valence-electron chi connectivity index (χ4n) is 2.99. The first-order valence-electron chi connectivity index (χ1n) is 8.39. The number of carbonyl (C=O) groups is 1. The van der Waals surface area contributed by atoms with E-state index < -0.39 is 0 Å². The summed E-state index contributed by atoms with van der Waals surface area (Å²) in [5, 5.41) is 7.28. The molecule has 24 heavy (non-hydrogen) atoms. The molecule has 1 fully saturated rings. The maximum absolute atomic E-state index is 11.0. The van der Waals surface area contributed by atoms with Gasteiger partial charge in [-0.05, 0) is 24.6 Å². The summed E-state index contributed by atoms with van der Waals surface area (Å²) >= 11 is 0. The Bertz CT molecular complexity index is 656. The third kappa shape index (κ3) is 4.43. The molecule has 0 bridgehead atoms. The minimum atomic E-state index is 0.00873. The highest BCUT2D eigenvalue weighted by atomic mass is 16.5. The maximum Gasteiger partial charge on any atom is 0.216 e. The Morgan fingerprint density at radius 2 is 2.17 bits per heavy atom. The zero-order chi connectivity index (χ0) is 16.8. The number of nitrogens with one attached hydrogen (secondary N) is 1. The van der Waals surface area contributed by atoms with Gasteiger partial charge < -0.3 is 10.1 Å². The van der Waals surface area contributed by atoms with Gasteiger partial charge in [0.25, 0.3) is 0 Å². The van der Waals surface area contributed by atoms with Crippen molar-refractivity contribution >= 4 is 5.91 Å². The lowest BCUT2D eigenvalue weighted by Crippen LogP contribution is -2.43. The SMILES string of the molecule is CC(=O)NCC[C@@H]1CN(Cc2ccnn2-c2ccccc2)CCO1. The fraction of sp³-hybridized carbons (Fsp3) is 0.444. The summed E-state index contributed by atoms with van der Waals surface area (Å²) in [6.45, 7) is 5.56. The van der Waals surface area contributed by atoms with E-state index in [4.69, 9.17) is 4.74 Å². The molecule has 0 saturated carbocycles. The van der Waals surface area contributed by atoms with Gasteiger partial charge in [-0.15, -0.1) is 0 Å². The van der Waals surface area contributed by atoms with E-state index in [9.17, 15) is 4.79 Å². The highest BCUT2D eigenvalue weighted by Gasteiger charge is 2.21. The van der Waals surface area contributed by atoms with Gasteiger partial charge in [-0.1, -0.05) is 18.2 Å². The second kappa shape index (κ2) is 8.08. The number of carbonyl (C=O) groups excluding carboxylic acids is 1. The number of amides is 1. The van der Waals surface area contributed by atoms with Gasteiger partial charge in [0.1, 0.15) is 0 Å². The molecule has 0 spiro atoms. The first-order chi connectivity index (χ1) is 11.7. The van der Waals surface area contributed by atoms with Crippen LogP contribution in [-0.2, 0) is 16.1 Å². The van der Waals surface area contributed by atoms with Crippen molar-refractivity contribution in [3.05, 3.63) is 48.3 Å². The van der Waals surface area contributed by atoms with Gasteiger partial charge >= 0.3 is 0 Å². The van der Waals surface area contributed by atoms with Crippen molar-refractivity contribution in [2.45, 2.75) is 26.0 Å². The van der Waals surface area contributed by atoms with E-state index in [2.05, 4.69) is 33.5 Å². The van der Waals surface area contributed by atoms with Gasteiger partial charge in [-0.25, -0.2) is 4.68 Å². The van der Waals surface area contributed by atoms with Crippen molar-refractivity contribution in [3.63, 3.8) is 0 Å². The number of ether oxygens (including phenoxy) is 1. The molecule has 1 saturated heterocycles. The Balaban J connectivity index is 1.58. The second-order valence-corrected chi connectivity index (χ2v) is 6.07. The van der Waals surface area contributed by atoms with E-state index in [1.807, 2.05) is 29.1 Å². The van der Waals surface area contributed by atoms with E-state index in [0.717, 1.165) is 38.3 Å². The molecule has 1 aromatic carbocycles. The zero-order valence-corrected chi connectivity index (χ0v) is 14.0. The predicted molar refractivity (Wildman–Crippen MR) is 91.9 cm³/mol. The standard InChI is InChI=1S/C18H24N4O2/c1-15(23)19-9-8-18-14-21(11-12-24-18)13-17-7-10-20-22(17)16-5-3-2-4-6-16/h2-7,10,18H,8-9,11-14H2,1H3,(H,19,23)/t18-/m1/s1. The van der Waals surface area contributed by atoms with E-state index in [-0.39, 0.29) is 12.0 Å². The molecule has 2 heterocycles. The highest BCUT2D eigenvalue weighted by molar-refractivity contribution is 5.72. The molecule has 1 aromatic heterocycles. The predicted octanol–water partition coefficient (Wildman–Crippen LogP) is 1.60. The number of nitrogens with zero attached hydrogens (tertiary/aromatic N) is 3. The number of hydrogen-bond acceptors (Lipinski definition) is 4. The quantitative estimate of drug-likeness (QED) is 0.875. The Labute approximate surface area is 142 Å². The molecule has 1 aliphatic rings. The van der Waals surface area contributed by atoms with Crippen LogP contribution in [0.4, 0.5) is 0 Å². The van der Waals surface area contributed by atoms with Crippen LogP contribution in [0.2, 0.25) is 0 Å². The van der Waals surface area contributed by atoms with Gasteiger partial charge in [-0.3, -0.25) is 9.69 Å². The molecule has 6 nitrogen and oxygen atoms in total. The van der Waals surface area contributed by atoms with Gasteiger partial charge in [0, 0.05) is 39.3 Å². The van der Waals surface area contributed by atoms with Crippen LogP contribution in [0.5, 0.6) is 0 Å². The number of hydrogen-bond donors (Lipinski definition) is 1. The van der Waals surface area contributed by atoms with Crippen LogP contribution >= 0.6 is 0 Å². The van der Waals surface area contributed by atoms with Crippen LogP contribution in [0.15, 0.2) is 42.6 Å². The Morgan fingerprint density at radius 1 is 1.33 bits per heavy atom. The van der Waals surface area contributed by atoms with Crippen molar-refractivity contribution in [2.75, 3.05) is 26.2 Å². The van der Waals surface area contributed by atoms with Crippen LogP contribution < -0.4 is 5.32 Å². The molecule has 1 aliphatic heterocycles. The third-order valence-electron chi connectivity index (χ3n) is 4.17. The van der Waals surface area contributed by atoms with Crippen LogP contribution in [0.25, 0.3) is 5.69 Å². The molecule has 6 heteroatoms. The van der Waals surface area contributed by atoms with Crippen molar-refractivity contribution < 1.29 is 9.53 Å². The van der Waals surface area contributed by atoms with Gasteiger partial charge in [0.05, 0.1) is 24.1 Å². The number of para-hydroxylation sites is 1. The van der Waals surface area contributed by atoms with E-state index >= 15 is 0 Å². The summed E-state index contributed by atoms with van der Waals surface area (Å²) in [7, 11) is 0. The molecule has 1 amide bonds. The summed E-state index contributed by atoms with van der Waals surface area (Å²) in [5.41, 5.74) is 2.25. The van der Waals surface area contributed by atoms with Crippen LogP contribution in [0.3, 0.4) is 0 Å². The average Bonchev–Trinajstić information content (AvgIpc) is 3.04. The average molecular weight is 328 g/mol. The normalized spacial score (nSPS) is 18.5. The van der Waals surface area contributed by atoms with Gasteiger partial charge in [0.15, 0.2) is 0 Å². The Hall–Kier alpha value is -2.18. The van der Waals surface area contributed by atoms with Crippen LogP contribution in [0, 0.1) is 0 Å². The molecule has 128 valence electrons. The molecule has 0 aliphatic carbocycles. The molecular formula is C18H24N4O2. The number of rotatable bonds is 6. The minimum absolute atomic E-state index is 0.00873. The summed E-state index contributed by atoms with van der Waals surface area (Å²) in [6.07, 6.45) is 2.85. The van der Waals surface area contributed by atoms with Crippen molar-refractivity contribution in [1.29, 1.82) is 0 Å². The summed E-state index contributed by atoms with van der Waals surface area (Å²) in [6, 6.07) is 12.2. The minimum Gasteiger partial charge on any atom is -0.375 e. The third-order valence-corrected chi connectivity index (χ3v) is 4.17. The van der Waals surface area contributed by atoms with Crippen molar-refractivity contribution in [2.24, 2.45) is 0 Å². The molecule has 3 rings (SSSR count). The number of benzene rings is 1. The first kappa shape index (κ1) is 16.7. The smallest absolute Gasteiger partial charge is 0.216 e. The molecule has 0 radical (unpaired) electrons. The second-order valence-electron chi connectivity index (χ2n) is 6.07. The zero-order valence-electron chi connectivity index (χ0n) is 14.0. The maximum atomic E-state index is 11.0. The van der Waals surface area contributed by atoms with Crippen LogP contribution in [-0.4, -0.2) is 52.9 Å². The number of morpholine rings is 1. The molecule has 1 N–H and O–H groups in total. The lowest BCUT2D eigenvalue weighted by molar-refractivity contribution is -0.119. The fourth-order valence-corrected chi connectivity index (χ4v) is 2.99. The van der Waals surface area contributed by atoms with Gasteiger partial charge in [0.2, 0.25) is 5.91 Å². The first-order valence-corrected chi connectivity index (χ1v) is 8.39. The monoisotopic (exact) mass is 328 g/mol. The lowest BCUT2D eigenvalue weighted by atomic mass is 10.2. The summed E-state index contributed by atoms with van der Waals surface area (Å²) in [5.74, 6) is 0.00873. The van der Waals surface area contributed by atoms with Crippen molar-refractivity contribution in [3.8, 4) is 5.69 Å². The van der Waals surface area contributed by atoms with Gasteiger partial charge in [-0.2, -0.15) is 5.10 Å². The van der Waals surface area contributed by atoms with Crippen LogP contribution in [0.1, 0.15) is 19.0 Å². The molecule has 1 atom stereocenters. The summed E-state index contributed by atoms with van der Waals surface area (Å²) in [4.78, 5) is 13.3. The number of aromatic nitrogens is 2. The van der Waals surface area contributed by atoms with E-state index in [1.165, 1.54) is 5.69 Å². The Kier molecular flexibility index (Phi) is 5.61. The largest absolute Gasteiger partial charge is 0.375 e. The molecule has 0 unspecified atom stereocenters. The molecular weight excluding hydrogens is 304 g/mol. The van der Waals surface area contributed by atoms with Crippen molar-refractivity contribution in [1.82, 2.24) is 20.0 Å². The lowest BCUT2D eigenvalue weighted by Gasteiger charge is -2.33. The topological polar surface area (TPSA) is 59.4 Å². The highest BCUT2D eigenvalue weighted by Crippen LogP contribution is 2.15. The Morgan fingerprint density at radius 3 is 2.96 bits per heavy atom. The van der Waals surface area contributed by atoms with E-state index in [0.29, 0.717) is 6.54 Å².